The van der Waals surface area contributed by atoms with Crippen LogP contribution in [0.15, 0.2) is 54.1 Å². The fraction of sp³-hybridized carbons (Fsp3) is 0.150. The first-order valence-electron chi connectivity index (χ1n) is 8.71. The van der Waals surface area contributed by atoms with E-state index in [9.17, 15) is 29.6 Å². The van der Waals surface area contributed by atoms with Gasteiger partial charge < -0.3 is 15.1 Å². The smallest absolute Gasteiger partial charge is 0.305 e. The number of nitrogens with zero attached hydrogens (tertiary/aromatic N) is 2. The molecule has 0 bridgehead atoms. The summed E-state index contributed by atoms with van der Waals surface area (Å²) in [4.78, 5) is 48.2. The third-order valence-corrected chi connectivity index (χ3v) is 4.90. The van der Waals surface area contributed by atoms with Crippen LogP contribution in [0.25, 0.3) is 5.76 Å². The van der Waals surface area contributed by atoms with E-state index in [0.29, 0.717) is 5.02 Å². The molecule has 0 aliphatic carbocycles. The predicted octanol–water partition coefficient (Wildman–Crippen LogP) is 3.14. The fourth-order valence-corrected chi connectivity index (χ4v) is 3.42. The number of carboxylic acids is 1. The first-order chi connectivity index (χ1) is 14.2. The van der Waals surface area contributed by atoms with Gasteiger partial charge in [-0.2, -0.15) is 0 Å². The van der Waals surface area contributed by atoms with Crippen molar-refractivity contribution in [3.63, 3.8) is 0 Å². The van der Waals surface area contributed by atoms with E-state index in [1.54, 1.807) is 0 Å². The quantitative estimate of drug-likeness (QED) is 0.236. The zero-order valence-electron chi connectivity index (χ0n) is 15.3. The van der Waals surface area contributed by atoms with Crippen LogP contribution >= 0.6 is 11.6 Å². The number of nitro groups is 1. The Labute approximate surface area is 175 Å². The van der Waals surface area contributed by atoms with Crippen molar-refractivity contribution in [1.29, 1.82) is 0 Å². The maximum absolute atomic E-state index is 12.8. The van der Waals surface area contributed by atoms with E-state index in [1.807, 2.05) is 0 Å². The highest BCUT2D eigenvalue weighted by molar-refractivity contribution is 6.46. The monoisotopic (exact) mass is 430 g/mol. The molecule has 1 aliphatic rings. The Balaban J connectivity index is 2.23. The molecule has 0 unspecified atom stereocenters. The Kier molecular flexibility index (Phi) is 5.84. The van der Waals surface area contributed by atoms with Crippen LogP contribution in [0.4, 0.5) is 5.69 Å². The average Bonchev–Trinajstić information content (AvgIpc) is 2.96. The normalized spacial score (nSPS) is 17.9. The Bertz CT molecular complexity index is 1080. The summed E-state index contributed by atoms with van der Waals surface area (Å²) < 4.78 is 0. The van der Waals surface area contributed by atoms with E-state index >= 15 is 0 Å². The number of rotatable bonds is 6. The fourth-order valence-electron chi connectivity index (χ4n) is 3.30. The third-order valence-electron chi connectivity index (χ3n) is 4.65. The van der Waals surface area contributed by atoms with Crippen LogP contribution in [-0.2, 0) is 14.4 Å². The zero-order valence-corrected chi connectivity index (χ0v) is 16.1. The molecule has 0 spiro atoms. The van der Waals surface area contributed by atoms with Gasteiger partial charge in [-0.25, -0.2) is 0 Å². The molecular weight excluding hydrogens is 416 g/mol. The van der Waals surface area contributed by atoms with Crippen LogP contribution in [0.5, 0.6) is 0 Å². The van der Waals surface area contributed by atoms with Gasteiger partial charge in [0.15, 0.2) is 0 Å². The molecule has 30 heavy (non-hydrogen) atoms. The molecule has 1 fully saturated rings. The first-order valence-corrected chi connectivity index (χ1v) is 9.09. The second-order valence-corrected chi connectivity index (χ2v) is 6.90. The van der Waals surface area contributed by atoms with Crippen molar-refractivity contribution in [1.82, 2.24) is 4.90 Å². The third kappa shape index (κ3) is 3.87. The highest BCUT2D eigenvalue weighted by atomic mass is 35.5. The van der Waals surface area contributed by atoms with Crippen LogP contribution in [0.1, 0.15) is 23.6 Å². The maximum atomic E-state index is 12.8. The van der Waals surface area contributed by atoms with Gasteiger partial charge in [0.1, 0.15) is 5.76 Å². The van der Waals surface area contributed by atoms with Crippen LogP contribution < -0.4 is 0 Å². The molecule has 154 valence electrons. The summed E-state index contributed by atoms with van der Waals surface area (Å²) in [6.45, 7) is -0.367. The highest BCUT2D eigenvalue weighted by Gasteiger charge is 2.48. The molecule has 3 rings (SSSR count). The number of carbonyl (C=O) groups excluding carboxylic acids is 2. The molecule has 2 N–H and O–H groups in total. The van der Waals surface area contributed by atoms with E-state index in [-0.39, 0.29) is 28.9 Å². The summed E-state index contributed by atoms with van der Waals surface area (Å²) in [5.41, 5.74) is -0.560. The number of aliphatic hydroxyl groups excluding tert-OH is 1. The molecule has 9 nitrogen and oxygen atoms in total. The number of Topliss-reactive ketones (excluding diaryl/α,β-unsaturated/α-hetero) is 1. The van der Waals surface area contributed by atoms with Gasteiger partial charge in [0.2, 0.25) is 0 Å². The summed E-state index contributed by atoms with van der Waals surface area (Å²) in [7, 11) is 0. The molecule has 1 aliphatic heterocycles. The minimum Gasteiger partial charge on any atom is -0.507 e. The van der Waals surface area contributed by atoms with Crippen molar-refractivity contribution in [3.05, 3.63) is 80.4 Å². The number of carbonyl (C=O) groups is 3. The number of hydrogen-bond donors (Lipinski definition) is 2. The van der Waals surface area contributed by atoms with Crippen LogP contribution in [0.3, 0.4) is 0 Å². The van der Waals surface area contributed by atoms with Gasteiger partial charge >= 0.3 is 5.97 Å². The van der Waals surface area contributed by atoms with Gasteiger partial charge in [-0.3, -0.25) is 24.5 Å². The number of halogens is 1. The number of para-hydroxylation sites is 1. The van der Waals surface area contributed by atoms with Crippen LogP contribution in [0, 0.1) is 10.1 Å². The van der Waals surface area contributed by atoms with Gasteiger partial charge in [-0.15, -0.1) is 0 Å². The topological polar surface area (TPSA) is 138 Å². The number of ketones is 1. The maximum Gasteiger partial charge on any atom is 0.305 e. The number of aliphatic carboxylic acids is 1. The van der Waals surface area contributed by atoms with Crippen molar-refractivity contribution >= 4 is 40.7 Å². The molecule has 1 saturated heterocycles. The van der Waals surface area contributed by atoms with Gasteiger partial charge in [-0.05, 0) is 30.3 Å². The van der Waals surface area contributed by atoms with Crippen LogP contribution in [-0.4, -0.2) is 44.2 Å². The Morgan fingerprint density at radius 2 is 1.73 bits per heavy atom. The number of amides is 1. The predicted molar refractivity (Wildman–Crippen MR) is 106 cm³/mol. The number of benzene rings is 2. The summed E-state index contributed by atoms with van der Waals surface area (Å²) in [5.74, 6) is -3.85. The minimum absolute atomic E-state index is 0.0115. The lowest BCUT2D eigenvalue weighted by molar-refractivity contribution is -0.385. The highest BCUT2D eigenvalue weighted by Crippen LogP contribution is 2.42. The number of nitro benzene ring substituents is 1. The van der Waals surface area contributed by atoms with E-state index in [2.05, 4.69) is 0 Å². The molecule has 2 aromatic rings. The van der Waals surface area contributed by atoms with Gasteiger partial charge in [0.25, 0.3) is 17.4 Å². The summed E-state index contributed by atoms with van der Waals surface area (Å²) in [6.07, 6.45) is -0.481. The molecule has 2 aromatic carbocycles. The number of hydrogen-bond acceptors (Lipinski definition) is 6. The lowest BCUT2D eigenvalue weighted by Gasteiger charge is -2.24. The summed E-state index contributed by atoms with van der Waals surface area (Å²) in [6, 6.07) is 9.95. The lowest BCUT2D eigenvalue weighted by atomic mass is 9.94. The molecular formula is C20H15ClN2O7. The zero-order chi connectivity index (χ0) is 22.0. The number of aliphatic hydroxyl groups is 1. The average molecular weight is 431 g/mol. The number of likely N-dealkylation sites (tertiary alicyclic amines) is 1. The SMILES string of the molecule is O=C(O)CCN1C(=O)C(=O)C(=C(O)c2ccc(Cl)cc2)[C@H]1c1ccccc1[N+](=O)[O-]. The summed E-state index contributed by atoms with van der Waals surface area (Å²) >= 11 is 5.84. The van der Waals surface area contributed by atoms with E-state index in [1.165, 1.54) is 48.5 Å². The number of carboxylic acid groups (broad SMARTS) is 1. The minimum atomic E-state index is -1.32. The second kappa shape index (κ2) is 8.34. The van der Waals surface area contributed by atoms with Crippen molar-refractivity contribution < 1.29 is 29.5 Å². The molecule has 1 atom stereocenters. The molecule has 0 radical (unpaired) electrons. The van der Waals surface area contributed by atoms with Gasteiger partial charge in [0, 0.05) is 23.2 Å². The molecule has 10 heteroatoms. The molecule has 0 saturated carbocycles. The Hall–Kier alpha value is -3.72. The van der Waals surface area contributed by atoms with Gasteiger partial charge in [0.05, 0.1) is 28.5 Å². The molecule has 1 heterocycles. The van der Waals surface area contributed by atoms with Crippen LogP contribution in [0.2, 0.25) is 5.02 Å². The molecule has 1 amide bonds. The Morgan fingerprint density at radius 3 is 2.33 bits per heavy atom. The van der Waals surface area contributed by atoms with E-state index in [0.717, 1.165) is 4.90 Å². The second-order valence-electron chi connectivity index (χ2n) is 6.46. The van der Waals surface area contributed by atoms with Crippen molar-refractivity contribution in [2.24, 2.45) is 0 Å². The van der Waals surface area contributed by atoms with E-state index < -0.39 is 40.8 Å². The van der Waals surface area contributed by atoms with Crippen molar-refractivity contribution in [2.45, 2.75) is 12.5 Å². The van der Waals surface area contributed by atoms with Crippen molar-refractivity contribution in [3.8, 4) is 0 Å². The molecule has 0 aromatic heterocycles. The lowest BCUT2D eigenvalue weighted by Crippen LogP contribution is -2.32. The largest absolute Gasteiger partial charge is 0.507 e. The summed E-state index contributed by atoms with van der Waals surface area (Å²) in [5, 5.41) is 31.7. The van der Waals surface area contributed by atoms with Gasteiger partial charge in [-0.1, -0.05) is 23.7 Å². The van der Waals surface area contributed by atoms with E-state index in [4.69, 9.17) is 16.7 Å². The Morgan fingerprint density at radius 1 is 1.10 bits per heavy atom. The first kappa shape index (κ1) is 21.0. The van der Waals surface area contributed by atoms with Crippen molar-refractivity contribution in [2.75, 3.05) is 6.54 Å². The standard InChI is InChI=1S/C20H15ClN2O7/c21-12-7-5-11(6-8-12)18(26)16-17(13-3-1-2-4-14(13)23(29)30)22(10-9-15(24)25)20(28)19(16)27/h1-8,17,26H,9-10H2,(H,24,25)/t17-/m1/s1.